The molecule has 3 aromatic heterocycles. The first-order valence-electron chi connectivity index (χ1n) is 9.11. The van der Waals surface area contributed by atoms with Gasteiger partial charge in [0.25, 0.3) is 5.82 Å². The Balaban J connectivity index is 1.69. The Kier molecular flexibility index (Phi) is 3.61. The van der Waals surface area contributed by atoms with Crippen LogP contribution in [0.3, 0.4) is 0 Å². The molecule has 0 radical (unpaired) electrons. The van der Waals surface area contributed by atoms with Gasteiger partial charge in [0.15, 0.2) is 0 Å². The second-order valence-electron chi connectivity index (χ2n) is 6.93. The summed E-state index contributed by atoms with van der Waals surface area (Å²) < 4.78 is 8.09. The van der Waals surface area contributed by atoms with Crippen LogP contribution in [0.15, 0.2) is 71.4 Å². The summed E-state index contributed by atoms with van der Waals surface area (Å²) in [4.78, 5) is 6.64. The zero-order chi connectivity index (χ0) is 18.4. The van der Waals surface area contributed by atoms with Crippen molar-refractivity contribution in [2.75, 3.05) is 4.81 Å². The molecule has 1 aliphatic rings. The van der Waals surface area contributed by atoms with E-state index in [2.05, 4.69) is 89.1 Å². The van der Waals surface area contributed by atoms with Crippen LogP contribution in [0.4, 0.5) is 5.82 Å². The lowest BCUT2D eigenvalue weighted by Crippen LogP contribution is -2.47. The number of hydrogen-bond donors (Lipinski definition) is 0. The van der Waals surface area contributed by atoms with Gasteiger partial charge in [-0.25, -0.2) is 9.55 Å². The number of benzene rings is 1. The van der Waals surface area contributed by atoms with E-state index in [-0.39, 0.29) is 6.85 Å². The van der Waals surface area contributed by atoms with E-state index in [1.54, 1.807) is 6.20 Å². The molecule has 0 fully saturated rings. The van der Waals surface area contributed by atoms with Crippen molar-refractivity contribution in [2.24, 2.45) is 7.05 Å². The van der Waals surface area contributed by atoms with Crippen molar-refractivity contribution in [1.82, 2.24) is 4.98 Å². The van der Waals surface area contributed by atoms with Crippen molar-refractivity contribution in [1.29, 1.82) is 0 Å². The molecular weight excluding hydrogens is 333 g/mol. The van der Waals surface area contributed by atoms with Crippen LogP contribution in [0, 0.1) is 0 Å². The SMILES string of the molecule is CB1C=c2oc3ncccc3c2=CN1c1cc(-c2ccccc2)cc[n+]1C. The predicted octanol–water partition coefficient (Wildman–Crippen LogP) is 2.52. The third kappa shape index (κ3) is 2.63. The molecule has 1 aliphatic heterocycles. The summed E-state index contributed by atoms with van der Waals surface area (Å²) in [5, 5.41) is 2.13. The number of fused-ring (bicyclic) bond motifs is 3. The maximum atomic E-state index is 5.94. The van der Waals surface area contributed by atoms with Gasteiger partial charge in [0, 0.05) is 12.3 Å². The minimum atomic E-state index is 0.176. The molecule has 0 N–H and O–H groups in total. The average Bonchev–Trinajstić information content (AvgIpc) is 3.06. The summed E-state index contributed by atoms with van der Waals surface area (Å²) in [6.45, 7) is 2.35. The molecule has 130 valence electrons. The molecule has 0 saturated heterocycles. The fourth-order valence-electron chi connectivity index (χ4n) is 3.68. The fourth-order valence-corrected chi connectivity index (χ4v) is 3.68. The molecule has 0 spiro atoms. The van der Waals surface area contributed by atoms with E-state index >= 15 is 0 Å². The average molecular weight is 352 g/mol. The van der Waals surface area contributed by atoms with Crippen LogP contribution in [0.25, 0.3) is 34.4 Å². The molecule has 0 amide bonds. The van der Waals surface area contributed by atoms with Crippen molar-refractivity contribution in [3.05, 3.63) is 77.6 Å². The third-order valence-corrected chi connectivity index (χ3v) is 5.13. The number of anilines is 1. The lowest BCUT2D eigenvalue weighted by atomic mass is 9.62. The molecule has 0 saturated carbocycles. The van der Waals surface area contributed by atoms with Gasteiger partial charge < -0.3 is 4.42 Å². The first-order valence-corrected chi connectivity index (χ1v) is 9.11. The molecule has 4 heterocycles. The Hall–Kier alpha value is -3.34. The summed E-state index contributed by atoms with van der Waals surface area (Å²) in [7, 11) is 2.08. The predicted molar refractivity (Wildman–Crippen MR) is 109 cm³/mol. The van der Waals surface area contributed by atoms with Crippen LogP contribution in [-0.4, -0.2) is 11.8 Å². The van der Waals surface area contributed by atoms with Gasteiger partial charge in [0.1, 0.15) is 5.42 Å². The molecule has 0 unspecified atom stereocenters. The number of hydrogen-bond acceptors (Lipinski definition) is 3. The second kappa shape index (κ2) is 6.13. The number of pyridine rings is 2. The van der Waals surface area contributed by atoms with Gasteiger partial charge in [-0.05, 0) is 42.1 Å². The highest BCUT2D eigenvalue weighted by Gasteiger charge is 2.29. The summed E-state index contributed by atoms with van der Waals surface area (Å²) in [5.74, 6) is 3.29. The number of aromatic nitrogens is 2. The van der Waals surface area contributed by atoms with Gasteiger partial charge in [-0.1, -0.05) is 30.3 Å². The van der Waals surface area contributed by atoms with Gasteiger partial charge in [-0.15, -0.1) is 0 Å². The summed E-state index contributed by atoms with van der Waals surface area (Å²) in [6.07, 6.45) is 6.06. The van der Waals surface area contributed by atoms with Crippen LogP contribution < -0.4 is 20.0 Å². The van der Waals surface area contributed by atoms with Crippen LogP contribution >= 0.6 is 0 Å². The maximum absolute atomic E-state index is 5.94. The molecule has 1 aromatic carbocycles. The Morgan fingerprint density at radius 1 is 1.04 bits per heavy atom. The first-order chi connectivity index (χ1) is 13.2. The van der Waals surface area contributed by atoms with E-state index in [4.69, 9.17) is 4.42 Å². The van der Waals surface area contributed by atoms with Gasteiger partial charge in [0.2, 0.25) is 5.71 Å². The number of furan rings is 1. The molecule has 5 rings (SSSR count). The van der Waals surface area contributed by atoms with Crippen LogP contribution in [0.1, 0.15) is 0 Å². The lowest BCUT2D eigenvalue weighted by molar-refractivity contribution is -0.657. The summed E-state index contributed by atoms with van der Waals surface area (Å²) >= 11 is 0. The summed E-state index contributed by atoms with van der Waals surface area (Å²) in [5.41, 5.74) is 4.00. The van der Waals surface area contributed by atoms with Crippen molar-refractivity contribution in [3.8, 4) is 11.1 Å². The normalized spacial score (nSPS) is 13.3. The van der Waals surface area contributed by atoms with Gasteiger partial charge >= 0.3 is 6.85 Å². The van der Waals surface area contributed by atoms with Gasteiger partial charge in [-0.3, -0.25) is 4.81 Å². The Bertz CT molecular complexity index is 1260. The Morgan fingerprint density at radius 3 is 2.74 bits per heavy atom. The van der Waals surface area contributed by atoms with Crippen LogP contribution in [-0.2, 0) is 7.05 Å². The van der Waals surface area contributed by atoms with E-state index in [9.17, 15) is 0 Å². The molecular formula is C22H19BN3O+. The minimum Gasteiger partial charge on any atom is -0.439 e. The molecule has 4 aromatic rings. The second-order valence-corrected chi connectivity index (χ2v) is 6.93. The van der Waals surface area contributed by atoms with E-state index in [0.717, 1.165) is 21.8 Å². The van der Waals surface area contributed by atoms with Gasteiger partial charge in [-0.2, -0.15) is 0 Å². The largest absolute Gasteiger partial charge is 0.439 e. The monoisotopic (exact) mass is 352 g/mol. The third-order valence-electron chi connectivity index (χ3n) is 5.13. The van der Waals surface area contributed by atoms with Crippen molar-refractivity contribution in [2.45, 2.75) is 6.82 Å². The van der Waals surface area contributed by atoms with E-state index in [1.807, 2.05) is 12.1 Å². The fraction of sp³-hybridized carbons (Fsp3) is 0.0909. The molecule has 0 bridgehead atoms. The quantitative estimate of drug-likeness (QED) is 0.411. The van der Waals surface area contributed by atoms with Crippen molar-refractivity contribution >= 4 is 35.9 Å². The van der Waals surface area contributed by atoms with E-state index < -0.39 is 0 Å². The standard InChI is InChI=1S/C22H19BN3O/c1-23-14-20-19(18-9-6-11-24-22(18)27-20)15-26(23)21-13-17(10-12-25(21)2)16-7-4-3-5-8-16/h3-15H,1-2H3/q+1. The number of nitrogens with zero attached hydrogens (tertiary/aromatic N) is 3. The highest BCUT2D eigenvalue weighted by molar-refractivity contribution is 6.76. The maximum Gasteiger partial charge on any atom is 0.405 e. The van der Waals surface area contributed by atoms with Crippen molar-refractivity contribution < 1.29 is 8.98 Å². The highest BCUT2D eigenvalue weighted by Crippen LogP contribution is 2.23. The van der Waals surface area contributed by atoms with Crippen LogP contribution in [0.5, 0.6) is 0 Å². The van der Waals surface area contributed by atoms with Gasteiger partial charge in [0.05, 0.1) is 30.0 Å². The zero-order valence-electron chi connectivity index (χ0n) is 15.3. The smallest absolute Gasteiger partial charge is 0.405 e. The molecule has 27 heavy (non-hydrogen) atoms. The number of rotatable bonds is 2. The minimum absolute atomic E-state index is 0.176. The number of aryl methyl sites for hydroxylation is 1. The molecule has 4 nitrogen and oxygen atoms in total. The topological polar surface area (TPSA) is 33.2 Å². The Morgan fingerprint density at radius 2 is 1.89 bits per heavy atom. The van der Waals surface area contributed by atoms with Crippen LogP contribution in [0.2, 0.25) is 6.82 Å². The highest BCUT2D eigenvalue weighted by atomic mass is 16.3. The first kappa shape index (κ1) is 15.9. The molecule has 0 aliphatic carbocycles. The van der Waals surface area contributed by atoms with E-state index in [0.29, 0.717) is 5.71 Å². The van der Waals surface area contributed by atoms with E-state index in [1.165, 1.54) is 11.1 Å². The zero-order valence-corrected chi connectivity index (χ0v) is 15.3. The van der Waals surface area contributed by atoms with Crippen molar-refractivity contribution in [3.63, 3.8) is 0 Å². The summed E-state index contributed by atoms with van der Waals surface area (Å²) in [6, 6.07) is 18.9. The lowest BCUT2D eigenvalue weighted by Gasteiger charge is -2.19. The molecule has 0 atom stereocenters. The molecule has 5 heteroatoms. The Labute approximate surface area is 157 Å².